The summed E-state index contributed by atoms with van der Waals surface area (Å²) in [6, 6.07) is 0. The molecule has 1 amide bonds. The Morgan fingerprint density at radius 2 is 0.806 bits per heavy atom. The number of amides is 1. The predicted octanol–water partition coefficient (Wildman–Crippen LogP) is 1.91. The fraction of sp³-hybridized carbons (Fsp3) is 0.929. The van der Waals surface area contributed by atoms with E-state index >= 15 is 0 Å². The van der Waals surface area contributed by atoms with E-state index in [1.54, 1.807) is 13.8 Å². The number of hydrogen-bond acceptors (Lipinski definition) is 7. The van der Waals surface area contributed by atoms with Gasteiger partial charge in [-0.2, -0.15) is 0 Å². The van der Waals surface area contributed by atoms with E-state index in [2.05, 4.69) is 66.7 Å². The van der Waals surface area contributed by atoms with Crippen molar-refractivity contribution in [2.24, 2.45) is 11.8 Å². The van der Waals surface area contributed by atoms with E-state index in [0.29, 0.717) is 11.7 Å². The molecule has 0 spiro atoms. The van der Waals surface area contributed by atoms with Crippen LogP contribution >= 0.6 is 0 Å². The molecule has 0 aromatic carbocycles. The Morgan fingerprint density at radius 3 is 1.11 bits per heavy atom. The summed E-state index contributed by atoms with van der Waals surface area (Å²) in [5.74, 6) is 1.91. The molecule has 0 saturated carbocycles. The molecule has 0 unspecified atom stereocenters. The van der Waals surface area contributed by atoms with Gasteiger partial charge in [0.1, 0.15) is 5.78 Å². The molecule has 4 heterocycles. The number of carbonyl (C=O) groups is 2. The third kappa shape index (κ3) is 15.3. The average molecular weight is 511 g/mol. The molecule has 36 heavy (non-hydrogen) atoms. The van der Waals surface area contributed by atoms with Gasteiger partial charge in [-0.1, -0.05) is 6.92 Å². The highest BCUT2D eigenvalue weighted by molar-refractivity contribution is 5.78. The molecule has 4 rings (SSSR count). The first-order valence-electron chi connectivity index (χ1n) is 14.2. The number of likely N-dealkylation sites (tertiary alicyclic amines) is 2. The van der Waals surface area contributed by atoms with Gasteiger partial charge in [-0.05, 0) is 99.9 Å². The van der Waals surface area contributed by atoms with Crippen molar-refractivity contribution < 1.29 is 9.59 Å². The standard InChI is InChI=1S/C8H15NO.C7H14N2O.C7H15N.C6H14N2/c1-7(10)8-3-5-9(2)6-4-8;1-7(10)9-5-3-8(2)4-6-9;2*1-7-3-5-8(2)6-4-7/h8H,3-6H2,1-2H3;3-6H2,1-2H3;7H,3-6H2,1-2H3;3-6H2,1-2H3. The average Bonchev–Trinajstić information content (AvgIpc) is 2.85. The summed E-state index contributed by atoms with van der Waals surface area (Å²) in [6.45, 7) is 19.2. The molecule has 0 radical (unpaired) electrons. The van der Waals surface area contributed by atoms with Gasteiger partial charge in [0, 0.05) is 65.2 Å². The number of Topliss-reactive ketones (excluding diaryl/α,β-unsaturated/α-hetero) is 1. The fourth-order valence-corrected chi connectivity index (χ4v) is 4.58. The molecule has 0 aromatic heterocycles. The first-order chi connectivity index (χ1) is 17.0. The van der Waals surface area contributed by atoms with Crippen molar-refractivity contribution in [3.8, 4) is 0 Å². The zero-order valence-electron chi connectivity index (χ0n) is 25.0. The van der Waals surface area contributed by atoms with Crippen LogP contribution in [0.3, 0.4) is 0 Å². The second kappa shape index (κ2) is 18.2. The second-order valence-corrected chi connectivity index (χ2v) is 11.6. The number of ketones is 1. The Balaban J connectivity index is 0.000000241. The van der Waals surface area contributed by atoms with E-state index in [1.807, 2.05) is 4.90 Å². The SMILES string of the molecule is CC(=O)C1CCN(C)CC1.CC(=O)N1CCN(C)CC1.CC1CCN(C)CC1.CN1CCN(C)CC1. The Labute approximate surface area is 222 Å². The van der Waals surface area contributed by atoms with Gasteiger partial charge in [0.05, 0.1) is 0 Å². The van der Waals surface area contributed by atoms with Crippen LogP contribution in [0.2, 0.25) is 0 Å². The van der Waals surface area contributed by atoms with Crippen molar-refractivity contribution in [1.29, 1.82) is 0 Å². The molecule has 4 saturated heterocycles. The van der Waals surface area contributed by atoms with Gasteiger partial charge in [0.15, 0.2) is 0 Å². The highest BCUT2D eigenvalue weighted by Gasteiger charge is 2.19. The smallest absolute Gasteiger partial charge is 0.219 e. The first kappa shape index (κ1) is 33.0. The molecule has 0 aliphatic carbocycles. The van der Waals surface area contributed by atoms with Crippen LogP contribution in [0.4, 0.5) is 0 Å². The molecular weight excluding hydrogens is 452 g/mol. The Morgan fingerprint density at radius 1 is 0.500 bits per heavy atom. The lowest BCUT2D eigenvalue weighted by Gasteiger charge is -2.31. The molecule has 4 aliphatic rings. The van der Waals surface area contributed by atoms with Gasteiger partial charge in [0.25, 0.3) is 0 Å². The van der Waals surface area contributed by atoms with Crippen LogP contribution in [0.5, 0.6) is 0 Å². The van der Waals surface area contributed by atoms with Crippen molar-refractivity contribution in [1.82, 2.24) is 29.4 Å². The normalized spacial score (nSPS) is 23.9. The minimum Gasteiger partial charge on any atom is -0.340 e. The van der Waals surface area contributed by atoms with E-state index < -0.39 is 0 Å². The molecular formula is C28H58N6O2. The number of likely N-dealkylation sites (N-methyl/N-ethyl adjacent to an activating group) is 3. The van der Waals surface area contributed by atoms with E-state index in [-0.39, 0.29) is 5.91 Å². The van der Waals surface area contributed by atoms with Gasteiger partial charge in [-0.25, -0.2) is 0 Å². The van der Waals surface area contributed by atoms with E-state index in [0.717, 1.165) is 58.0 Å². The summed E-state index contributed by atoms with van der Waals surface area (Å²) in [5, 5.41) is 0. The van der Waals surface area contributed by atoms with E-state index in [4.69, 9.17) is 0 Å². The predicted molar refractivity (Wildman–Crippen MR) is 152 cm³/mol. The number of rotatable bonds is 1. The van der Waals surface area contributed by atoms with Gasteiger partial charge < -0.3 is 29.4 Å². The van der Waals surface area contributed by atoms with Crippen molar-refractivity contribution in [3.05, 3.63) is 0 Å². The van der Waals surface area contributed by atoms with Crippen LogP contribution in [0.15, 0.2) is 0 Å². The third-order valence-corrected chi connectivity index (χ3v) is 7.98. The van der Waals surface area contributed by atoms with Crippen LogP contribution in [-0.4, -0.2) is 155 Å². The lowest BCUT2D eigenvalue weighted by molar-refractivity contribution is -0.130. The molecule has 8 heteroatoms. The van der Waals surface area contributed by atoms with Gasteiger partial charge >= 0.3 is 0 Å². The summed E-state index contributed by atoms with van der Waals surface area (Å²) in [6.07, 6.45) is 4.92. The number of nitrogens with zero attached hydrogens (tertiary/aromatic N) is 6. The van der Waals surface area contributed by atoms with Crippen molar-refractivity contribution in [3.63, 3.8) is 0 Å². The molecule has 0 N–H and O–H groups in total. The molecule has 0 aromatic rings. The minimum absolute atomic E-state index is 0.202. The summed E-state index contributed by atoms with van der Waals surface area (Å²) in [4.78, 5) is 35.2. The Hall–Kier alpha value is -1.06. The monoisotopic (exact) mass is 510 g/mol. The van der Waals surface area contributed by atoms with E-state index in [9.17, 15) is 9.59 Å². The maximum absolute atomic E-state index is 10.9. The number of piperazine rings is 2. The highest BCUT2D eigenvalue weighted by atomic mass is 16.2. The zero-order chi connectivity index (χ0) is 27.1. The lowest BCUT2D eigenvalue weighted by Crippen LogP contribution is -2.46. The van der Waals surface area contributed by atoms with Crippen LogP contribution in [0.25, 0.3) is 0 Å². The van der Waals surface area contributed by atoms with Crippen LogP contribution < -0.4 is 0 Å². The molecule has 212 valence electrons. The molecule has 4 fully saturated rings. The topological polar surface area (TPSA) is 53.6 Å². The maximum Gasteiger partial charge on any atom is 0.219 e. The third-order valence-electron chi connectivity index (χ3n) is 7.98. The Bertz CT molecular complexity index is 515. The van der Waals surface area contributed by atoms with Crippen molar-refractivity contribution >= 4 is 11.7 Å². The molecule has 0 atom stereocenters. The maximum atomic E-state index is 10.9. The van der Waals surface area contributed by atoms with Gasteiger partial charge in [0.2, 0.25) is 5.91 Å². The Kier molecular flexibility index (Phi) is 16.7. The van der Waals surface area contributed by atoms with Crippen LogP contribution in [0.1, 0.15) is 46.5 Å². The quantitative estimate of drug-likeness (QED) is 0.534. The first-order valence-corrected chi connectivity index (χ1v) is 14.2. The molecule has 8 nitrogen and oxygen atoms in total. The summed E-state index contributed by atoms with van der Waals surface area (Å²) in [5.41, 5.74) is 0. The summed E-state index contributed by atoms with van der Waals surface area (Å²) < 4.78 is 0. The summed E-state index contributed by atoms with van der Waals surface area (Å²) in [7, 11) is 10.7. The highest BCUT2D eigenvalue weighted by Crippen LogP contribution is 2.16. The minimum atomic E-state index is 0.202. The molecule has 4 aliphatic heterocycles. The number of carbonyl (C=O) groups excluding carboxylic acids is 2. The van der Waals surface area contributed by atoms with Gasteiger partial charge in [-0.3, -0.25) is 9.59 Å². The fourth-order valence-electron chi connectivity index (χ4n) is 4.58. The molecule has 0 bridgehead atoms. The van der Waals surface area contributed by atoms with E-state index in [1.165, 1.54) is 52.1 Å². The van der Waals surface area contributed by atoms with Crippen molar-refractivity contribution in [2.75, 3.05) is 114 Å². The summed E-state index contributed by atoms with van der Waals surface area (Å²) >= 11 is 0. The van der Waals surface area contributed by atoms with Crippen molar-refractivity contribution in [2.45, 2.75) is 46.5 Å². The lowest BCUT2D eigenvalue weighted by atomic mass is 9.94. The number of hydrogen-bond donors (Lipinski definition) is 0. The number of piperidine rings is 2. The second-order valence-electron chi connectivity index (χ2n) is 11.6. The largest absolute Gasteiger partial charge is 0.340 e. The van der Waals surface area contributed by atoms with Gasteiger partial charge in [-0.15, -0.1) is 0 Å². The zero-order valence-corrected chi connectivity index (χ0v) is 25.0. The van der Waals surface area contributed by atoms with Crippen LogP contribution in [-0.2, 0) is 9.59 Å². The van der Waals surface area contributed by atoms with Crippen LogP contribution in [0, 0.1) is 11.8 Å².